The van der Waals surface area contributed by atoms with Crippen LogP contribution in [0.4, 0.5) is 0 Å². The second-order valence-corrected chi connectivity index (χ2v) is 4.96. The minimum absolute atomic E-state index is 0.171. The molecular weight excluding hydrogens is 222 g/mol. The fourth-order valence-electron chi connectivity index (χ4n) is 2.31. The number of hydrogen-bond donors (Lipinski definition) is 1. The largest absolute Gasteiger partial charge is 0.392 e. The van der Waals surface area contributed by atoms with Gasteiger partial charge < -0.3 is 5.11 Å². The van der Waals surface area contributed by atoms with Gasteiger partial charge in [0.15, 0.2) is 0 Å². The predicted octanol–water partition coefficient (Wildman–Crippen LogP) is 2.86. The molecule has 0 saturated carbocycles. The fourth-order valence-corrected chi connectivity index (χ4v) is 2.51. The highest BCUT2D eigenvalue weighted by Gasteiger charge is 2.22. The molecule has 0 bridgehead atoms. The third-order valence-electron chi connectivity index (χ3n) is 3.31. The zero-order valence-electron chi connectivity index (χ0n) is 9.56. The molecule has 1 heterocycles. The molecule has 1 aromatic rings. The highest BCUT2D eigenvalue weighted by molar-refractivity contribution is 6.30. The summed E-state index contributed by atoms with van der Waals surface area (Å²) >= 11 is 5.99. The van der Waals surface area contributed by atoms with Gasteiger partial charge in [-0.1, -0.05) is 23.7 Å². The van der Waals surface area contributed by atoms with Crippen molar-refractivity contribution in [3.8, 4) is 0 Å². The molecule has 3 heteroatoms. The van der Waals surface area contributed by atoms with Crippen molar-refractivity contribution in [3.05, 3.63) is 34.9 Å². The summed E-state index contributed by atoms with van der Waals surface area (Å²) in [7, 11) is 0. The number of nitrogens with zero attached hydrogens (tertiary/aromatic N) is 1. The lowest BCUT2D eigenvalue weighted by Gasteiger charge is -2.35. The molecule has 0 unspecified atom stereocenters. The summed E-state index contributed by atoms with van der Waals surface area (Å²) in [4.78, 5) is 2.32. The second-order valence-electron chi connectivity index (χ2n) is 4.52. The molecule has 1 saturated heterocycles. The Morgan fingerprint density at radius 2 is 2.31 bits per heavy atom. The summed E-state index contributed by atoms with van der Waals surface area (Å²) < 4.78 is 0. The van der Waals surface area contributed by atoms with Crippen LogP contribution in [-0.4, -0.2) is 29.2 Å². The Morgan fingerprint density at radius 1 is 1.50 bits per heavy atom. The first-order valence-electron chi connectivity index (χ1n) is 5.84. The van der Waals surface area contributed by atoms with Gasteiger partial charge in [0, 0.05) is 17.6 Å². The van der Waals surface area contributed by atoms with Gasteiger partial charge in [-0.15, -0.1) is 0 Å². The van der Waals surface area contributed by atoms with Crippen LogP contribution in [-0.2, 0) is 0 Å². The molecule has 88 valence electrons. The molecule has 1 aromatic carbocycles. The molecule has 0 aliphatic carbocycles. The van der Waals surface area contributed by atoms with Crippen LogP contribution in [0.2, 0.25) is 5.02 Å². The van der Waals surface area contributed by atoms with Crippen LogP contribution in [0.15, 0.2) is 24.3 Å². The molecule has 0 aromatic heterocycles. The summed E-state index contributed by atoms with van der Waals surface area (Å²) in [6.07, 6.45) is 1.83. The van der Waals surface area contributed by atoms with E-state index in [9.17, 15) is 5.11 Å². The first-order chi connectivity index (χ1) is 7.66. The van der Waals surface area contributed by atoms with E-state index in [4.69, 9.17) is 11.6 Å². The molecular formula is C13H18ClNO. The third-order valence-corrected chi connectivity index (χ3v) is 3.54. The molecule has 1 aliphatic rings. The average molecular weight is 240 g/mol. The second kappa shape index (κ2) is 5.17. The Labute approximate surface area is 102 Å². The van der Waals surface area contributed by atoms with E-state index < -0.39 is 0 Å². The Bertz CT molecular complexity index is 356. The van der Waals surface area contributed by atoms with Crippen molar-refractivity contribution < 1.29 is 5.11 Å². The zero-order valence-corrected chi connectivity index (χ0v) is 10.3. The van der Waals surface area contributed by atoms with Gasteiger partial charge >= 0.3 is 0 Å². The van der Waals surface area contributed by atoms with E-state index in [1.807, 2.05) is 18.2 Å². The maximum Gasteiger partial charge on any atom is 0.0667 e. The van der Waals surface area contributed by atoms with E-state index in [1.54, 1.807) is 0 Å². The summed E-state index contributed by atoms with van der Waals surface area (Å²) in [6.45, 7) is 4.00. The van der Waals surface area contributed by atoms with Gasteiger partial charge in [0.25, 0.3) is 0 Å². The highest BCUT2D eigenvalue weighted by atomic mass is 35.5. The Hall–Kier alpha value is -0.570. The van der Waals surface area contributed by atoms with Crippen LogP contribution in [0, 0.1) is 0 Å². The van der Waals surface area contributed by atoms with Gasteiger partial charge in [-0.05, 0) is 44.0 Å². The molecule has 0 amide bonds. The van der Waals surface area contributed by atoms with E-state index >= 15 is 0 Å². The minimum Gasteiger partial charge on any atom is -0.392 e. The molecule has 0 radical (unpaired) electrons. The number of aliphatic hydroxyl groups excluding tert-OH is 1. The van der Waals surface area contributed by atoms with Gasteiger partial charge in [0.2, 0.25) is 0 Å². The van der Waals surface area contributed by atoms with Crippen molar-refractivity contribution in [2.24, 2.45) is 0 Å². The van der Waals surface area contributed by atoms with Crippen molar-refractivity contribution in [2.75, 3.05) is 13.1 Å². The summed E-state index contributed by atoms with van der Waals surface area (Å²) in [5.74, 6) is 0. The molecule has 2 nitrogen and oxygen atoms in total. The first kappa shape index (κ1) is 11.9. The molecule has 1 fully saturated rings. The Morgan fingerprint density at radius 3 is 3.00 bits per heavy atom. The van der Waals surface area contributed by atoms with Crippen molar-refractivity contribution in [3.63, 3.8) is 0 Å². The Kier molecular flexibility index (Phi) is 3.85. The highest BCUT2D eigenvalue weighted by Crippen LogP contribution is 2.25. The maximum atomic E-state index is 9.66. The van der Waals surface area contributed by atoms with Crippen molar-refractivity contribution in [1.82, 2.24) is 4.90 Å². The smallest absolute Gasteiger partial charge is 0.0667 e. The van der Waals surface area contributed by atoms with Crippen molar-refractivity contribution in [1.29, 1.82) is 0 Å². The normalized spacial score (nSPS) is 24.3. The lowest BCUT2D eigenvalue weighted by atomic mass is 10.0. The van der Waals surface area contributed by atoms with E-state index in [-0.39, 0.29) is 6.10 Å². The predicted molar refractivity (Wildman–Crippen MR) is 66.7 cm³/mol. The van der Waals surface area contributed by atoms with E-state index in [1.165, 1.54) is 5.56 Å². The number of β-amino-alcohol motifs (C(OH)–C–C–N with tert-alkyl or cyclic N) is 1. The van der Waals surface area contributed by atoms with Crippen LogP contribution >= 0.6 is 11.6 Å². The van der Waals surface area contributed by atoms with Gasteiger partial charge in [0.1, 0.15) is 0 Å². The van der Waals surface area contributed by atoms with Crippen LogP contribution in [0.25, 0.3) is 0 Å². The fraction of sp³-hybridized carbons (Fsp3) is 0.538. The van der Waals surface area contributed by atoms with Crippen LogP contribution < -0.4 is 0 Å². The average Bonchev–Trinajstić information content (AvgIpc) is 2.28. The number of aliphatic hydroxyl groups is 1. The summed E-state index contributed by atoms with van der Waals surface area (Å²) in [6, 6.07) is 8.30. The van der Waals surface area contributed by atoms with Crippen molar-refractivity contribution in [2.45, 2.75) is 31.9 Å². The van der Waals surface area contributed by atoms with Crippen molar-refractivity contribution >= 4 is 11.6 Å². The molecule has 0 spiro atoms. The Balaban J connectivity index is 2.09. The standard InChI is InChI=1S/C13H18ClNO/c1-10(11-4-2-5-12(14)8-11)15-7-3-6-13(16)9-15/h2,4-5,8,10,13,16H,3,6-7,9H2,1H3/t10-,13-/m0/s1. The van der Waals surface area contributed by atoms with Gasteiger partial charge in [-0.2, -0.15) is 0 Å². The molecule has 16 heavy (non-hydrogen) atoms. The maximum absolute atomic E-state index is 9.66. The molecule has 1 N–H and O–H groups in total. The van der Waals surface area contributed by atoms with E-state index in [2.05, 4.69) is 17.9 Å². The monoisotopic (exact) mass is 239 g/mol. The molecule has 1 aliphatic heterocycles. The third kappa shape index (κ3) is 2.76. The van der Waals surface area contributed by atoms with Gasteiger partial charge in [0.05, 0.1) is 6.10 Å². The van der Waals surface area contributed by atoms with Gasteiger partial charge in [-0.25, -0.2) is 0 Å². The lowest BCUT2D eigenvalue weighted by molar-refractivity contribution is 0.0504. The number of halogens is 1. The summed E-state index contributed by atoms with van der Waals surface area (Å²) in [5, 5.41) is 10.4. The number of rotatable bonds is 2. The number of benzene rings is 1. The SMILES string of the molecule is C[C@@H](c1cccc(Cl)c1)N1CCC[C@H](O)C1. The minimum atomic E-state index is -0.171. The summed E-state index contributed by atoms with van der Waals surface area (Å²) in [5.41, 5.74) is 1.22. The lowest BCUT2D eigenvalue weighted by Crippen LogP contribution is -2.39. The van der Waals surface area contributed by atoms with Gasteiger partial charge in [-0.3, -0.25) is 4.90 Å². The van der Waals surface area contributed by atoms with Crippen LogP contribution in [0.1, 0.15) is 31.4 Å². The quantitative estimate of drug-likeness (QED) is 0.858. The number of hydrogen-bond acceptors (Lipinski definition) is 2. The van der Waals surface area contributed by atoms with E-state index in [0.29, 0.717) is 6.04 Å². The zero-order chi connectivity index (χ0) is 11.5. The van der Waals surface area contributed by atoms with Crippen LogP contribution in [0.5, 0.6) is 0 Å². The topological polar surface area (TPSA) is 23.5 Å². The van der Waals surface area contributed by atoms with Crippen LogP contribution in [0.3, 0.4) is 0 Å². The number of likely N-dealkylation sites (tertiary alicyclic amines) is 1. The molecule has 2 atom stereocenters. The number of piperidine rings is 1. The molecule has 2 rings (SSSR count). The van der Waals surface area contributed by atoms with E-state index in [0.717, 1.165) is 31.0 Å². The first-order valence-corrected chi connectivity index (χ1v) is 6.22.